The molecular weight excluding hydrogens is 384 g/mol. The number of hydrogen-bond acceptors (Lipinski definition) is 6. The monoisotopic (exact) mass is 408 g/mol. The quantitative estimate of drug-likeness (QED) is 0.474. The van der Waals surface area contributed by atoms with Crippen molar-refractivity contribution in [2.45, 2.75) is 37.5 Å². The summed E-state index contributed by atoms with van der Waals surface area (Å²) in [6.45, 7) is 1.86. The molecule has 28 heavy (non-hydrogen) atoms. The second-order valence-corrected chi connectivity index (χ2v) is 7.79. The highest BCUT2D eigenvalue weighted by Crippen LogP contribution is 2.42. The molecule has 0 radical (unpaired) electrons. The normalized spacial score (nSPS) is 11.1. The first-order valence-corrected chi connectivity index (χ1v) is 10.2. The number of carbonyl (C=O) groups is 1. The van der Waals surface area contributed by atoms with Crippen molar-refractivity contribution in [2.24, 2.45) is 0 Å². The second kappa shape index (κ2) is 9.45. The number of aliphatic carboxylic acids is 1. The topological polar surface area (TPSA) is 99.1 Å². The minimum atomic E-state index is -4.08. The molecule has 0 saturated heterocycles. The van der Waals surface area contributed by atoms with Crippen LogP contribution in [0, 0.1) is 6.92 Å². The molecule has 8 heteroatoms. The summed E-state index contributed by atoms with van der Waals surface area (Å²) in [6.07, 6.45) is 1.51. The minimum Gasteiger partial charge on any atom is -0.493 e. The van der Waals surface area contributed by atoms with Gasteiger partial charge >= 0.3 is 16.1 Å². The van der Waals surface area contributed by atoms with Gasteiger partial charge in [-0.2, -0.15) is 8.42 Å². The number of carboxylic acid groups (broad SMARTS) is 1. The van der Waals surface area contributed by atoms with Crippen LogP contribution >= 0.6 is 0 Å². The van der Waals surface area contributed by atoms with Crippen LogP contribution in [-0.2, 0) is 21.3 Å². The van der Waals surface area contributed by atoms with Gasteiger partial charge in [-0.1, -0.05) is 23.8 Å². The average Bonchev–Trinajstić information content (AvgIpc) is 2.65. The largest absolute Gasteiger partial charge is 0.493 e. The Hall–Kier alpha value is -2.74. The van der Waals surface area contributed by atoms with Crippen molar-refractivity contribution in [3.63, 3.8) is 0 Å². The number of carboxylic acids is 1. The third kappa shape index (κ3) is 5.39. The molecule has 0 bridgehead atoms. The molecule has 0 spiro atoms. The van der Waals surface area contributed by atoms with E-state index in [2.05, 4.69) is 0 Å². The Balaban J connectivity index is 2.38. The summed E-state index contributed by atoms with van der Waals surface area (Å²) in [5.74, 6) is -0.303. The second-order valence-electron chi connectivity index (χ2n) is 6.24. The van der Waals surface area contributed by atoms with Crippen LogP contribution in [0.2, 0.25) is 0 Å². The first-order chi connectivity index (χ1) is 13.3. The van der Waals surface area contributed by atoms with E-state index in [1.807, 2.05) is 6.92 Å². The van der Waals surface area contributed by atoms with E-state index in [1.165, 1.54) is 26.4 Å². The highest BCUT2D eigenvalue weighted by atomic mass is 32.2. The molecule has 0 saturated carbocycles. The number of benzene rings is 2. The third-order valence-corrected chi connectivity index (χ3v) is 5.41. The number of rotatable bonds is 10. The van der Waals surface area contributed by atoms with Gasteiger partial charge in [0.1, 0.15) is 4.90 Å². The van der Waals surface area contributed by atoms with Gasteiger partial charge in [-0.3, -0.25) is 4.79 Å². The molecule has 0 aliphatic carbocycles. The van der Waals surface area contributed by atoms with Gasteiger partial charge in [0.2, 0.25) is 5.75 Å². The van der Waals surface area contributed by atoms with Crippen LogP contribution < -0.4 is 13.7 Å². The fourth-order valence-corrected chi connectivity index (χ4v) is 3.65. The standard InChI is InChI=1S/C20H24O7S/c1-14-8-11-16(12-9-14)28(23,24)27-19-15(6-4-5-7-18(21)22)10-13-17(25-2)20(19)26-3/h8-13H,4-7H2,1-3H3,(H,21,22). The molecule has 0 aliphatic rings. The maximum Gasteiger partial charge on any atom is 0.339 e. The lowest BCUT2D eigenvalue weighted by atomic mass is 10.1. The van der Waals surface area contributed by atoms with Crippen LogP contribution in [0.5, 0.6) is 17.2 Å². The summed E-state index contributed by atoms with van der Waals surface area (Å²) in [4.78, 5) is 10.7. The number of ether oxygens (including phenoxy) is 2. The van der Waals surface area contributed by atoms with E-state index in [1.54, 1.807) is 24.3 Å². The summed E-state index contributed by atoms with van der Waals surface area (Å²) in [6, 6.07) is 9.68. The number of methoxy groups -OCH3 is 2. The summed E-state index contributed by atoms with van der Waals surface area (Å²) in [7, 11) is -1.24. The van der Waals surface area contributed by atoms with Crippen molar-refractivity contribution in [1.29, 1.82) is 0 Å². The third-order valence-electron chi connectivity index (χ3n) is 4.17. The fourth-order valence-electron chi connectivity index (χ4n) is 2.68. The Morgan fingerprint density at radius 1 is 0.964 bits per heavy atom. The zero-order valence-corrected chi connectivity index (χ0v) is 16.9. The molecule has 2 aromatic rings. The van der Waals surface area contributed by atoms with Gasteiger partial charge in [0.15, 0.2) is 11.5 Å². The van der Waals surface area contributed by atoms with E-state index in [0.29, 0.717) is 30.6 Å². The van der Waals surface area contributed by atoms with Crippen LogP contribution in [0.4, 0.5) is 0 Å². The molecule has 0 unspecified atom stereocenters. The van der Waals surface area contributed by atoms with Crippen LogP contribution in [0.15, 0.2) is 41.3 Å². The zero-order valence-electron chi connectivity index (χ0n) is 16.1. The first-order valence-electron chi connectivity index (χ1n) is 8.75. The SMILES string of the molecule is COc1ccc(CCCCC(=O)O)c(OS(=O)(=O)c2ccc(C)cc2)c1OC. The van der Waals surface area contributed by atoms with Crippen LogP contribution in [0.1, 0.15) is 30.4 Å². The van der Waals surface area contributed by atoms with Crippen molar-refractivity contribution in [1.82, 2.24) is 0 Å². The lowest BCUT2D eigenvalue weighted by Crippen LogP contribution is -2.12. The average molecular weight is 408 g/mol. The molecular formula is C20H24O7S. The molecule has 0 heterocycles. The molecule has 0 aliphatic heterocycles. The predicted octanol–water partition coefficient (Wildman–Crippen LogP) is 3.58. The van der Waals surface area contributed by atoms with Crippen molar-refractivity contribution in [2.75, 3.05) is 14.2 Å². The smallest absolute Gasteiger partial charge is 0.339 e. The molecule has 1 N–H and O–H groups in total. The Bertz CT molecular complexity index is 918. The maximum absolute atomic E-state index is 12.8. The summed E-state index contributed by atoms with van der Waals surface area (Å²) in [5.41, 5.74) is 1.52. The Morgan fingerprint density at radius 3 is 2.21 bits per heavy atom. The van der Waals surface area contributed by atoms with E-state index in [-0.39, 0.29) is 22.8 Å². The van der Waals surface area contributed by atoms with Gasteiger partial charge in [0, 0.05) is 12.0 Å². The van der Waals surface area contributed by atoms with Gasteiger partial charge in [-0.05, 0) is 44.4 Å². The molecule has 0 fully saturated rings. The summed E-state index contributed by atoms with van der Waals surface area (Å²) < 4.78 is 41.6. The first kappa shape index (κ1) is 21.6. The maximum atomic E-state index is 12.8. The molecule has 2 aromatic carbocycles. The molecule has 2 rings (SSSR count). The van der Waals surface area contributed by atoms with Crippen molar-refractivity contribution >= 4 is 16.1 Å². The van der Waals surface area contributed by atoms with Crippen molar-refractivity contribution in [3.05, 3.63) is 47.5 Å². The Kier molecular flexibility index (Phi) is 7.28. The number of unbranched alkanes of at least 4 members (excludes halogenated alkanes) is 1. The Morgan fingerprint density at radius 2 is 1.64 bits per heavy atom. The minimum absolute atomic E-state index is 0.0276. The molecule has 0 amide bonds. The highest BCUT2D eigenvalue weighted by molar-refractivity contribution is 7.87. The van der Waals surface area contributed by atoms with Gasteiger partial charge in [-0.15, -0.1) is 0 Å². The fraction of sp³-hybridized carbons (Fsp3) is 0.350. The van der Waals surface area contributed by atoms with Gasteiger partial charge < -0.3 is 18.8 Å². The van der Waals surface area contributed by atoms with Gasteiger partial charge in [0.25, 0.3) is 0 Å². The predicted molar refractivity (Wildman–Crippen MR) is 104 cm³/mol. The van der Waals surface area contributed by atoms with Crippen LogP contribution in [0.3, 0.4) is 0 Å². The molecule has 7 nitrogen and oxygen atoms in total. The van der Waals surface area contributed by atoms with E-state index in [0.717, 1.165) is 5.56 Å². The lowest BCUT2D eigenvalue weighted by Gasteiger charge is -2.17. The number of aryl methyl sites for hydroxylation is 2. The lowest BCUT2D eigenvalue weighted by molar-refractivity contribution is -0.137. The molecule has 0 atom stereocenters. The zero-order chi connectivity index (χ0) is 20.7. The van der Waals surface area contributed by atoms with E-state index >= 15 is 0 Å². The highest BCUT2D eigenvalue weighted by Gasteiger charge is 2.24. The van der Waals surface area contributed by atoms with Gasteiger partial charge in [-0.25, -0.2) is 0 Å². The molecule has 0 aromatic heterocycles. The number of hydrogen-bond donors (Lipinski definition) is 1. The molecule has 152 valence electrons. The van der Waals surface area contributed by atoms with Gasteiger partial charge in [0.05, 0.1) is 14.2 Å². The summed E-state index contributed by atoms with van der Waals surface area (Å²) >= 11 is 0. The van der Waals surface area contributed by atoms with Crippen LogP contribution in [0.25, 0.3) is 0 Å². The van der Waals surface area contributed by atoms with Crippen molar-refractivity contribution < 1.29 is 32.0 Å². The van der Waals surface area contributed by atoms with Crippen LogP contribution in [-0.4, -0.2) is 33.7 Å². The van der Waals surface area contributed by atoms with Crippen molar-refractivity contribution in [3.8, 4) is 17.2 Å². The van der Waals surface area contributed by atoms with E-state index in [4.69, 9.17) is 18.8 Å². The van der Waals surface area contributed by atoms with E-state index < -0.39 is 16.1 Å². The van der Waals surface area contributed by atoms with E-state index in [9.17, 15) is 13.2 Å². The Labute approximate surface area is 165 Å². The summed E-state index contributed by atoms with van der Waals surface area (Å²) in [5, 5.41) is 8.77.